The second-order valence-electron chi connectivity index (χ2n) is 8.61. The Bertz CT molecular complexity index is 871. The lowest BCUT2D eigenvalue weighted by atomic mass is 9.94. The van der Waals surface area contributed by atoms with E-state index in [0.29, 0.717) is 0 Å². The third-order valence-electron chi connectivity index (χ3n) is 6.04. The summed E-state index contributed by atoms with van der Waals surface area (Å²) in [5.74, 6) is 0. The van der Waals surface area contributed by atoms with Crippen LogP contribution in [0.3, 0.4) is 0 Å². The van der Waals surface area contributed by atoms with Crippen molar-refractivity contribution in [2.24, 2.45) is 0 Å². The molecule has 0 heterocycles. The van der Waals surface area contributed by atoms with Crippen molar-refractivity contribution in [1.29, 1.82) is 0 Å². The Morgan fingerprint density at radius 3 is 1.77 bits per heavy atom. The maximum absolute atomic E-state index is 11.9. The predicted octanol–water partition coefficient (Wildman–Crippen LogP) is 7.89. The van der Waals surface area contributed by atoms with Crippen molar-refractivity contribution in [3.8, 4) is 0 Å². The van der Waals surface area contributed by atoms with Gasteiger partial charge in [0.25, 0.3) is 10.1 Å². The first-order valence-corrected chi connectivity index (χ1v) is 13.4. The molecule has 0 bridgehead atoms. The molecule has 0 fully saturated rings. The summed E-state index contributed by atoms with van der Waals surface area (Å²) in [4.78, 5) is 0.0337. The molecule has 0 aliphatic carbocycles. The summed E-state index contributed by atoms with van der Waals surface area (Å²) >= 11 is 0. The maximum Gasteiger partial charge on any atom is 0.294 e. The minimum absolute atomic E-state index is 0.0337. The highest BCUT2D eigenvalue weighted by Crippen LogP contribution is 2.29. The van der Waals surface area contributed by atoms with Crippen molar-refractivity contribution in [1.82, 2.24) is 0 Å². The summed E-state index contributed by atoms with van der Waals surface area (Å²) in [5, 5.41) is 2.13. The lowest BCUT2D eigenvalue weighted by Crippen LogP contribution is -2.01. The van der Waals surface area contributed by atoms with Crippen LogP contribution in [0.15, 0.2) is 35.2 Å². The molecular formula is C26H40O3S. The van der Waals surface area contributed by atoms with Gasteiger partial charge in [0.1, 0.15) is 0 Å². The number of fused-ring (bicyclic) bond motifs is 1. The Labute approximate surface area is 184 Å². The van der Waals surface area contributed by atoms with Gasteiger partial charge in [0.2, 0.25) is 0 Å². The van der Waals surface area contributed by atoms with Gasteiger partial charge in [-0.25, -0.2) is 0 Å². The average Bonchev–Trinajstić information content (AvgIpc) is 2.72. The first-order chi connectivity index (χ1) is 14.5. The molecule has 0 amide bonds. The quantitative estimate of drug-likeness (QED) is 0.230. The van der Waals surface area contributed by atoms with Crippen LogP contribution in [0.25, 0.3) is 10.8 Å². The smallest absolute Gasteiger partial charge is 0.282 e. The molecule has 0 saturated carbocycles. The zero-order valence-electron chi connectivity index (χ0n) is 19.0. The van der Waals surface area contributed by atoms with Gasteiger partial charge in [-0.05, 0) is 59.7 Å². The summed E-state index contributed by atoms with van der Waals surface area (Å²) in [5.41, 5.74) is 2.23. The molecule has 2 aromatic carbocycles. The van der Waals surface area contributed by atoms with Crippen molar-refractivity contribution < 1.29 is 13.0 Å². The van der Waals surface area contributed by atoms with Crippen LogP contribution in [0.1, 0.15) is 102 Å². The molecule has 0 spiro atoms. The number of unbranched alkanes of at least 4 members (excludes halogenated alkanes) is 10. The highest BCUT2D eigenvalue weighted by molar-refractivity contribution is 7.85. The van der Waals surface area contributed by atoms with Crippen molar-refractivity contribution in [3.05, 3.63) is 41.5 Å². The fraction of sp³-hybridized carbons (Fsp3) is 0.615. The van der Waals surface area contributed by atoms with Crippen LogP contribution >= 0.6 is 0 Å². The van der Waals surface area contributed by atoms with E-state index >= 15 is 0 Å². The van der Waals surface area contributed by atoms with E-state index in [-0.39, 0.29) is 4.90 Å². The average molecular weight is 433 g/mol. The lowest BCUT2D eigenvalue weighted by molar-refractivity contribution is 0.483. The molecule has 0 saturated heterocycles. The van der Waals surface area contributed by atoms with Gasteiger partial charge in [-0.15, -0.1) is 0 Å². The van der Waals surface area contributed by atoms with Gasteiger partial charge in [-0.1, -0.05) is 96.3 Å². The minimum Gasteiger partial charge on any atom is -0.282 e. The number of hydrogen-bond acceptors (Lipinski definition) is 2. The molecule has 0 aromatic heterocycles. The molecule has 4 heteroatoms. The lowest BCUT2D eigenvalue weighted by Gasteiger charge is -2.13. The Morgan fingerprint density at radius 1 is 0.667 bits per heavy atom. The van der Waals surface area contributed by atoms with Crippen LogP contribution in [-0.2, 0) is 23.0 Å². The fourth-order valence-electron chi connectivity index (χ4n) is 4.26. The molecule has 168 valence electrons. The Kier molecular flexibility index (Phi) is 10.9. The van der Waals surface area contributed by atoms with E-state index in [1.807, 2.05) is 0 Å². The molecule has 30 heavy (non-hydrogen) atoms. The highest BCUT2D eigenvalue weighted by Gasteiger charge is 2.15. The van der Waals surface area contributed by atoms with Gasteiger partial charge in [0, 0.05) is 0 Å². The van der Waals surface area contributed by atoms with Crippen LogP contribution < -0.4 is 0 Å². The normalized spacial score (nSPS) is 12.0. The second kappa shape index (κ2) is 13.1. The van der Waals surface area contributed by atoms with Crippen LogP contribution in [-0.4, -0.2) is 13.0 Å². The van der Waals surface area contributed by atoms with Crippen LogP contribution in [0.5, 0.6) is 0 Å². The summed E-state index contributed by atoms with van der Waals surface area (Å²) in [6, 6.07) is 9.64. The fourth-order valence-corrected chi connectivity index (χ4v) is 4.82. The van der Waals surface area contributed by atoms with Gasteiger partial charge in [-0.3, -0.25) is 4.55 Å². The molecule has 0 atom stereocenters. The number of hydrogen-bond donors (Lipinski definition) is 1. The maximum atomic E-state index is 11.9. The zero-order chi connectivity index (χ0) is 21.8. The Morgan fingerprint density at radius 2 is 1.20 bits per heavy atom. The third-order valence-corrected chi connectivity index (χ3v) is 6.87. The molecule has 0 aliphatic heterocycles. The number of benzene rings is 2. The summed E-state index contributed by atoms with van der Waals surface area (Å²) in [6.45, 7) is 4.45. The van der Waals surface area contributed by atoms with Crippen molar-refractivity contribution in [2.75, 3.05) is 0 Å². The minimum atomic E-state index is -4.21. The van der Waals surface area contributed by atoms with Gasteiger partial charge < -0.3 is 0 Å². The van der Waals surface area contributed by atoms with Crippen LogP contribution in [0.4, 0.5) is 0 Å². The second-order valence-corrected chi connectivity index (χ2v) is 10.0. The van der Waals surface area contributed by atoms with Crippen LogP contribution in [0.2, 0.25) is 0 Å². The highest BCUT2D eigenvalue weighted by atomic mass is 32.2. The first kappa shape index (κ1) is 24.9. The van der Waals surface area contributed by atoms with Crippen molar-refractivity contribution in [3.63, 3.8) is 0 Å². The molecular weight excluding hydrogens is 392 g/mol. The van der Waals surface area contributed by atoms with E-state index in [9.17, 15) is 13.0 Å². The monoisotopic (exact) mass is 432 g/mol. The predicted molar refractivity (Wildman–Crippen MR) is 128 cm³/mol. The molecule has 1 N–H and O–H groups in total. The standard InChI is InChI=1S/C26H40O3S/c1-3-5-7-9-11-13-16-22-18-15-19-25-23(17-14-12-10-8-6-4-2)20-24(21-26(22)25)30(27,28)29/h15,18-21H,3-14,16-17H2,1-2H3,(H,27,28,29). The molecule has 2 aromatic rings. The van der Waals surface area contributed by atoms with Gasteiger partial charge >= 0.3 is 0 Å². The Balaban J connectivity index is 2.17. The number of rotatable bonds is 15. The molecule has 2 rings (SSSR count). The summed E-state index contributed by atoms with van der Waals surface area (Å²) in [7, 11) is -4.21. The van der Waals surface area contributed by atoms with Gasteiger partial charge in [0.05, 0.1) is 4.90 Å². The molecule has 0 aliphatic rings. The van der Waals surface area contributed by atoms with E-state index in [0.717, 1.165) is 48.4 Å². The van der Waals surface area contributed by atoms with Gasteiger partial charge in [-0.2, -0.15) is 8.42 Å². The third kappa shape index (κ3) is 8.03. The van der Waals surface area contributed by atoms with E-state index in [4.69, 9.17) is 0 Å². The van der Waals surface area contributed by atoms with E-state index in [1.165, 1.54) is 63.4 Å². The summed E-state index contributed by atoms with van der Waals surface area (Å²) < 4.78 is 33.5. The largest absolute Gasteiger partial charge is 0.294 e. The van der Waals surface area contributed by atoms with Gasteiger partial charge in [0.15, 0.2) is 0 Å². The first-order valence-electron chi connectivity index (χ1n) is 12.0. The van der Waals surface area contributed by atoms with E-state index in [2.05, 4.69) is 32.0 Å². The van der Waals surface area contributed by atoms with E-state index < -0.39 is 10.1 Å². The van der Waals surface area contributed by atoms with Crippen LogP contribution in [0, 0.1) is 0 Å². The van der Waals surface area contributed by atoms with Crippen molar-refractivity contribution >= 4 is 20.9 Å². The SMILES string of the molecule is CCCCCCCCc1cc(S(=O)(=O)O)cc2c(CCCCCCCC)cccc12. The zero-order valence-corrected chi connectivity index (χ0v) is 19.8. The topological polar surface area (TPSA) is 54.4 Å². The molecule has 3 nitrogen and oxygen atoms in total. The summed E-state index contributed by atoms with van der Waals surface area (Å²) in [6.07, 6.45) is 16.5. The molecule has 0 radical (unpaired) electrons. The van der Waals surface area contributed by atoms with E-state index in [1.54, 1.807) is 12.1 Å². The number of aryl methyl sites for hydroxylation is 2. The Hall–Kier alpha value is -1.39. The molecule has 0 unspecified atom stereocenters. The van der Waals surface area contributed by atoms with Crippen molar-refractivity contribution in [2.45, 2.75) is 109 Å².